The lowest BCUT2D eigenvalue weighted by Gasteiger charge is -2.34. The molecular formula is C17H21N3O3. The Morgan fingerprint density at radius 2 is 1.78 bits per heavy atom. The molecule has 0 spiro atoms. The van der Waals surface area contributed by atoms with Crippen molar-refractivity contribution in [1.82, 2.24) is 14.4 Å². The number of carbonyl (C=O) groups excluding carboxylic acids is 2. The number of hydrogen-bond acceptors (Lipinski definition) is 3. The summed E-state index contributed by atoms with van der Waals surface area (Å²) in [7, 11) is 1.97. The van der Waals surface area contributed by atoms with Crippen LogP contribution in [0.1, 0.15) is 17.3 Å². The Labute approximate surface area is 135 Å². The van der Waals surface area contributed by atoms with Crippen LogP contribution in [0, 0.1) is 0 Å². The zero-order valence-electron chi connectivity index (χ0n) is 13.5. The topological polar surface area (TPSA) is 54.8 Å². The van der Waals surface area contributed by atoms with Crippen LogP contribution in [0.3, 0.4) is 0 Å². The average molecular weight is 315 g/mol. The Hall–Kier alpha value is -2.50. The third-order valence-electron chi connectivity index (χ3n) is 4.23. The summed E-state index contributed by atoms with van der Waals surface area (Å²) < 4.78 is 7.00. The van der Waals surface area contributed by atoms with Gasteiger partial charge in [-0.25, -0.2) is 4.79 Å². The van der Waals surface area contributed by atoms with E-state index in [2.05, 4.69) is 0 Å². The number of piperazine rings is 1. The molecule has 1 aliphatic heterocycles. The van der Waals surface area contributed by atoms with Crippen molar-refractivity contribution in [2.45, 2.75) is 6.92 Å². The third-order valence-corrected chi connectivity index (χ3v) is 4.23. The van der Waals surface area contributed by atoms with Gasteiger partial charge in [-0.1, -0.05) is 6.07 Å². The van der Waals surface area contributed by atoms with Crippen molar-refractivity contribution < 1.29 is 14.3 Å². The van der Waals surface area contributed by atoms with Crippen molar-refractivity contribution in [3.8, 4) is 0 Å². The van der Waals surface area contributed by atoms with Crippen molar-refractivity contribution >= 4 is 22.9 Å². The van der Waals surface area contributed by atoms with Gasteiger partial charge in [0.05, 0.1) is 6.61 Å². The van der Waals surface area contributed by atoms with Gasteiger partial charge < -0.3 is 19.1 Å². The van der Waals surface area contributed by atoms with Gasteiger partial charge in [-0.2, -0.15) is 0 Å². The summed E-state index contributed by atoms with van der Waals surface area (Å²) in [5.41, 5.74) is 1.73. The minimum atomic E-state index is -0.301. The maximum absolute atomic E-state index is 12.7. The van der Waals surface area contributed by atoms with Crippen LogP contribution >= 0.6 is 0 Å². The number of ether oxygens (including phenoxy) is 1. The molecule has 0 unspecified atom stereocenters. The molecule has 1 aromatic carbocycles. The number of aryl methyl sites for hydroxylation is 1. The summed E-state index contributed by atoms with van der Waals surface area (Å²) in [6.07, 6.45) is 1.68. The SMILES string of the molecule is CCOC(=O)N1CCN(C(=O)c2ccc3ccn(C)c3c2)CC1. The molecule has 2 heterocycles. The standard InChI is InChI=1S/C17H21N3O3/c1-3-23-17(22)20-10-8-19(9-11-20)16(21)14-5-4-13-6-7-18(2)15(13)12-14/h4-7,12H,3,8-11H2,1-2H3. The number of hydrogen-bond donors (Lipinski definition) is 0. The van der Waals surface area contributed by atoms with Crippen molar-refractivity contribution in [2.24, 2.45) is 7.05 Å². The summed E-state index contributed by atoms with van der Waals surface area (Å²) in [4.78, 5) is 27.8. The maximum atomic E-state index is 12.7. The fraction of sp³-hybridized carbons (Fsp3) is 0.412. The molecule has 1 aliphatic rings. The molecule has 0 N–H and O–H groups in total. The van der Waals surface area contributed by atoms with Crippen molar-refractivity contribution in [3.05, 3.63) is 36.0 Å². The Morgan fingerprint density at radius 3 is 2.48 bits per heavy atom. The monoisotopic (exact) mass is 315 g/mol. The molecule has 0 saturated carbocycles. The van der Waals surface area contributed by atoms with Crippen LogP contribution in [0.25, 0.3) is 10.9 Å². The minimum absolute atomic E-state index is 0.0107. The van der Waals surface area contributed by atoms with Gasteiger partial charge in [-0.3, -0.25) is 4.79 Å². The molecule has 1 saturated heterocycles. The number of amides is 2. The maximum Gasteiger partial charge on any atom is 0.409 e. The molecule has 0 radical (unpaired) electrons. The third kappa shape index (κ3) is 3.02. The van der Waals surface area contributed by atoms with Crippen LogP contribution in [-0.4, -0.2) is 59.2 Å². The van der Waals surface area contributed by atoms with Crippen LogP contribution in [0.2, 0.25) is 0 Å². The number of fused-ring (bicyclic) bond motifs is 1. The zero-order chi connectivity index (χ0) is 16.4. The second kappa shape index (κ2) is 6.32. The Kier molecular flexibility index (Phi) is 4.23. The Morgan fingerprint density at radius 1 is 1.09 bits per heavy atom. The highest BCUT2D eigenvalue weighted by Crippen LogP contribution is 2.18. The molecule has 3 rings (SSSR count). The van der Waals surface area contributed by atoms with Gasteiger partial charge in [-0.15, -0.1) is 0 Å². The van der Waals surface area contributed by atoms with Crippen LogP contribution < -0.4 is 0 Å². The average Bonchev–Trinajstić information content (AvgIpc) is 2.95. The quantitative estimate of drug-likeness (QED) is 0.853. The highest BCUT2D eigenvalue weighted by molar-refractivity contribution is 5.98. The summed E-state index contributed by atoms with van der Waals surface area (Å²) in [5.74, 6) is 0.0107. The number of nitrogens with zero attached hydrogens (tertiary/aromatic N) is 3. The van der Waals surface area contributed by atoms with Crippen LogP contribution in [-0.2, 0) is 11.8 Å². The largest absolute Gasteiger partial charge is 0.450 e. The van der Waals surface area contributed by atoms with E-state index < -0.39 is 0 Å². The second-order valence-corrected chi connectivity index (χ2v) is 5.68. The van der Waals surface area contributed by atoms with E-state index >= 15 is 0 Å². The highest BCUT2D eigenvalue weighted by Gasteiger charge is 2.25. The molecule has 2 amide bonds. The molecular weight excluding hydrogens is 294 g/mol. The summed E-state index contributed by atoms with van der Waals surface area (Å²) in [5, 5.41) is 1.12. The molecule has 2 aromatic rings. The van der Waals surface area contributed by atoms with E-state index in [-0.39, 0.29) is 12.0 Å². The van der Waals surface area contributed by atoms with Crippen LogP contribution in [0.4, 0.5) is 4.79 Å². The number of rotatable bonds is 2. The molecule has 23 heavy (non-hydrogen) atoms. The van der Waals surface area contributed by atoms with Crippen molar-refractivity contribution in [1.29, 1.82) is 0 Å². The lowest BCUT2D eigenvalue weighted by atomic mass is 10.1. The first-order valence-electron chi connectivity index (χ1n) is 7.86. The van der Waals surface area contributed by atoms with Gasteiger partial charge in [-0.05, 0) is 30.5 Å². The first-order valence-corrected chi connectivity index (χ1v) is 7.86. The highest BCUT2D eigenvalue weighted by atomic mass is 16.6. The van der Waals surface area contributed by atoms with Gasteiger partial charge in [0, 0.05) is 50.5 Å². The molecule has 1 aromatic heterocycles. The van der Waals surface area contributed by atoms with E-state index in [1.54, 1.807) is 16.7 Å². The normalized spacial score (nSPS) is 15.0. The van der Waals surface area contributed by atoms with E-state index in [1.165, 1.54) is 0 Å². The first kappa shape index (κ1) is 15.4. The fourth-order valence-corrected chi connectivity index (χ4v) is 2.88. The molecule has 6 heteroatoms. The van der Waals surface area contributed by atoms with E-state index in [4.69, 9.17) is 4.74 Å². The van der Waals surface area contributed by atoms with Gasteiger partial charge >= 0.3 is 6.09 Å². The molecule has 1 fully saturated rings. The molecule has 122 valence electrons. The molecule has 6 nitrogen and oxygen atoms in total. The predicted octanol–water partition coefficient (Wildman–Crippen LogP) is 2.09. The molecule has 0 bridgehead atoms. The minimum Gasteiger partial charge on any atom is -0.450 e. The van der Waals surface area contributed by atoms with Gasteiger partial charge in [0.1, 0.15) is 0 Å². The van der Waals surface area contributed by atoms with Crippen LogP contribution in [0.15, 0.2) is 30.5 Å². The fourth-order valence-electron chi connectivity index (χ4n) is 2.88. The Bertz CT molecular complexity index is 730. The van der Waals surface area contributed by atoms with Gasteiger partial charge in [0.15, 0.2) is 0 Å². The van der Waals surface area contributed by atoms with Gasteiger partial charge in [0.2, 0.25) is 0 Å². The molecule has 0 aliphatic carbocycles. The summed E-state index contributed by atoms with van der Waals surface area (Å²) in [6, 6.07) is 7.79. The van der Waals surface area contributed by atoms with E-state index in [9.17, 15) is 9.59 Å². The zero-order valence-corrected chi connectivity index (χ0v) is 13.5. The van der Waals surface area contributed by atoms with Crippen LogP contribution in [0.5, 0.6) is 0 Å². The van der Waals surface area contributed by atoms with Crippen molar-refractivity contribution in [3.63, 3.8) is 0 Å². The number of carbonyl (C=O) groups is 2. The van der Waals surface area contributed by atoms with E-state index in [1.807, 2.05) is 42.1 Å². The number of benzene rings is 1. The summed E-state index contributed by atoms with van der Waals surface area (Å²) >= 11 is 0. The second-order valence-electron chi connectivity index (χ2n) is 5.68. The smallest absolute Gasteiger partial charge is 0.409 e. The lowest BCUT2D eigenvalue weighted by Crippen LogP contribution is -2.50. The Balaban J connectivity index is 1.68. The van der Waals surface area contributed by atoms with E-state index in [0.29, 0.717) is 38.3 Å². The predicted molar refractivity (Wildman–Crippen MR) is 87.4 cm³/mol. The first-order chi connectivity index (χ1) is 11.1. The van der Waals surface area contributed by atoms with Gasteiger partial charge in [0.25, 0.3) is 5.91 Å². The number of aromatic nitrogens is 1. The lowest BCUT2D eigenvalue weighted by molar-refractivity contribution is 0.0570. The summed E-state index contributed by atoms with van der Waals surface area (Å²) in [6.45, 7) is 4.24. The van der Waals surface area contributed by atoms with Crippen molar-refractivity contribution in [2.75, 3.05) is 32.8 Å². The van der Waals surface area contributed by atoms with E-state index in [0.717, 1.165) is 10.9 Å². The molecule has 0 atom stereocenters.